The zero-order chi connectivity index (χ0) is 31.6. The van der Waals surface area contributed by atoms with Crippen LogP contribution in [0.2, 0.25) is 23.2 Å². The molecule has 0 N–H and O–H groups in total. The second-order valence-corrected chi connectivity index (χ2v) is 23.3. The third-order valence-electron chi connectivity index (χ3n) is 8.81. The fourth-order valence-electron chi connectivity index (χ4n) is 5.28. The first-order valence-electron chi connectivity index (χ1n) is 15.9. The van der Waals surface area contributed by atoms with E-state index in [0.717, 1.165) is 12.8 Å². The molecule has 0 saturated carbocycles. The normalized spacial score (nSPS) is 17.4. The first-order valence-corrected chi connectivity index (χ1v) is 20.8. The molecule has 0 aromatic heterocycles. The van der Waals surface area contributed by atoms with E-state index in [4.69, 9.17) is 18.3 Å². The van der Waals surface area contributed by atoms with Crippen molar-refractivity contribution >= 4 is 27.0 Å². The number of benzene rings is 2. The number of hydrogen-bond acceptors (Lipinski definition) is 4. The molecule has 0 unspecified atom stereocenters. The van der Waals surface area contributed by atoms with Gasteiger partial charge < -0.3 is 18.3 Å². The van der Waals surface area contributed by atoms with E-state index >= 15 is 0 Å². The van der Waals surface area contributed by atoms with Crippen LogP contribution in [0, 0.1) is 5.92 Å². The minimum atomic E-state index is -2.51. The van der Waals surface area contributed by atoms with Crippen LogP contribution in [0.3, 0.4) is 0 Å². The van der Waals surface area contributed by atoms with Crippen molar-refractivity contribution in [2.75, 3.05) is 19.8 Å². The molecular weight excluding hydrogens is 565 g/mol. The molecule has 0 aliphatic carbocycles. The molecule has 1 aliphatic rings. The summed E-state index contributed by atoms with van der Waals surface area (Å²) in [4.78, 5) is 0. The number of ether oxygens (including phenoxy) is 2. The van der Waals surface area contributed by atoms with E-state index < -0.39 is 16.6 Å². The highest BCUT2D eigenvalue weighted by molar-refractivity contribution is 6.99. The highest BCUT2D eigenvalue weighted by Crippen LogP contribution is 2.39. The summed E-state index contributed by atoms with van der Waals surface area (Å²) in [6.07, 6.45) is 14.6. The number of hydrogen-bond donors (Lipinski definition) is 0. The van der Waals surface area contributed by atoms with Gasteiger partial charge in [-0.25, -0.2) is 0 Å². The van der Waals surface area contributed by atoms with Gasteiger partial charge in [0.1, 0.15) is 0 Å². The van der Waals surface area contributed by atoms with E-state index in [1.807, 2.05) is 6.08 Å². The van der Waals surface area contributed by atoms with E-state index in [0.29, 0.717) is 25.7 Å². The predicted molar refractivity (Wildman–Crippen MR) is 187 cm³/mol. The minimum Gasteiger partial charge on any atom is -0.410 e. The summed E-state index contributed by atoms with van der Waals surface area (Å²) in [5.74, 6) is 0.329. The van der Waals surface area contributed by atoms with Gasteiger partial charge in [-0.1, -0.05) is 140 Å². The Morgan fingerprint density at radius 3 is 1.88 bits per heavy atom. The third kappa shape index (κ3) is 9.71. The molecule has 2 aromatic carbocycles. The quantitative estimate of drug-likeness (QED) is 0.0920. The molecule has 0 spiro atoms. The molecule has 6 heteroatoms. The fourth-order valence-corrected chi connectivity index (χ4v) is 11.2. The topological polar surface area (TPSA) is 36.9 Å². The van der Waals surface area contributed by atoms with Gasteiger partial charge in [0.15, 0.2) is 14.6 Å². The molecule has 0 bridgehead atoms. The Balaban J connectivity index is 1.70. The predicted octanol–water partition coefficient (Wildman–Crippen LogP) is 8.41. The molecule has 3 rings (SSSR count). The van der Waals surface area contributed by atoms with Gasteiger partial charge in [0.2, 0.25) is 0 Å². The van der Waals surface area contributed by atoms with Gasteiger partial charge in [0.05, 0.1) is 19.3 Å². The van der Waals surface area contributed by atoms with Gasteiger partial charge in [-0.15, -0.1) is 0 Å². The smallest absolute Gasteiger partial charge is 0.261 e. The maximum Gasteiger partial charge on any atom is 0.261 e. The molecule has 1 fully saturated rings. The Labute approximate surface area is 264 Å². The lowest BCUT2D eigenvalue weighted by Gasteiger charge is -2.43. The van der Waals surface area contributed by atoms with E-state index in [2.05, 4.69) is 153 Å². The lowest BCUT2D eigenvalue weighted by Crippen LogP contribution is -2.66. The van der Waals surface area contributed by atoms with Crippen LogP contribution >= 0.6 is 0 Å². The van der Waals surface area contributed by atoms with Crippen molar-refractivity contribution in [1.29, 1.82) is 0 Å². The maximum absolute atomic E-state index is 7.04. The van der Waals surface area contributed by atoms with Crippen LogP contribution in [0.5, 0.6) is 0 Å². The van der Waals surface area contributed by atoms with Crippen molar-refractivity contribution in [2.24, 2.45) is 5.92 Å². The van der Waals surface area contributed by atoms with E-state index in [-0.39, 0.29) is 22.5 Å². The molecule has 43 heavy (non-hydrogen) atoms. The Hall–Kier alpha value is -2.07. The first-order chi connectivity index (χ1) is 20.3. The Bertz CT molecular complexity index is 1130. The average molecular weight is 621 g/mol. The van der Waals surface area contributed by atoms with Crippen molar-refractivity contribution in [3.05, 3.63) is 97.1 Å². The lowest BCUT2D eigenvalue weighted by molar-refractivity contribution is -0.00184. The van der Waals surface area contributed by atoms with Crippen LogP contribution in [0.4, 0.5) is 0 Å². The first kappa shape index (κ1) is 35.4. The van der Waals surface area contributed by atoms with Crippen LogP contribution in [-0.2, 0) is 18.3 Å². The highest BCUT2D eigenvalue weighted by atomic mass is 28.4. The van der Waals surface area contributed by atoms with Gasteiger partial charge >= 0.3 is 0 Å². The summed E-state index contributed by atoms with van der Waals surface area (Å²) in [5, 5.41) is 2.76. The van der Waals surface area contributed by atoms with Gasteiger partial charge in [-0.3, -0.25) is 0 Å². The molecular formula is C37H56O4Si2. The molecule has 2 atom stereocenters. The molecule has 1 heterocycles. The molecule has 1 aliphatic heterocycles. The summed E-state index contributed by atoms with van der Waals surface area (Å²) in [6.45, 7) is 22.8. The fraction of sp³-hybridized carbons (Fsp3) is 0.514. The van der Waals surface area contributed by atoms with Gasteiger partial charge in [-0.05, 0) is 58.4 Å². The number of allylic oxidation sites excluding steroid dienone is 3. The van der Waals surface area contributed by atoms with Gasteiger partial charge in [0, 0.05) is 6.61 Å². The van der Waals surface area contributed by atoms with Gasteiger partial charge in [-0.2, -0.15) is 0 Å². The summed E-state index contributed by atoms with van der Waals surface area (Å²) in [7, 11) is -4.45. The molecule has 1 saturated heterocycles. The maximum atomic E-state index is 7.04. The zero-order valence-corrected chi connectivity index (χ0v) is 30.1. The second kappa shape index (κ2) is 15.8. The van der Waals surface area contributed by atoms with Crippen molar-refractivity contribution < 1.29 is 18.3 Å². The molecule has 4 nitrogen and oxygen atoms in total. The standard InChI is InChI=1S/C37H56O4Si2/c1-31(21-20-27-35-38-29-30-39-35)34(41-42(8,9)36(2,3)4)26-18-10-11-19-28-40-43(37(5,6)7,32-22-14-12-15-23-32)33-24-16-13-17-25-33/h10-18,20,22-27,31,34-35H,19,21,28-30H2,1-9H3/b11-10+,26-18-,27-20+/t31-,34+/m1/s1. The number of rotatable bonds is 14. The second-order valence-electron chi connectivity index (χ2n) is 14.2. The van der Waals surface area contributed by atoms with Crippen LogP contribution in [0.1, 0.15) is 61.3 Å². The summed E-state index contributed by atoms with van der Waals surface area (Å²) < 4.78 is 25.1. The van der Waals surface area contributed by atoms with Crippen LogP contribution in [0.25, 0.3) is 0 Å². The van der Waals surface area contributed by atoms with Crippen molar-refractivity contribution in [2.45, 2.75) is 96.9 Å². The van der Waals surface area contributed by atoms with Crippen molar-refractivity contribution in [3.8, 4) is 0 Å². The summed E-state index contributed by atoms with van der Waals surface area (Å²) >= 11 is 0. The minimum absolute atomic E-state index is 0.0196. The largest absolute Gasteiger partial charge is 0.410 e. The third-order valence-corrected chi connectivity index (χ3v) is 18.3. The van der Waals surface area contributed by atoms with E-state index in [9.17, 15) is 0 Å². The highest BCUT2D eigenvalue weighted by Gasteiger charge is 2.50. The SMILES string of the molecule is C[C@H](C/C=C/C1OCCO1)[C@H](/C=C\C=C\CCO[Si](c1ccccc1)(c1ccccc1)C(C)(C)C)O[Si](C)(C)C(C)(C)C. The van der Waals surface area contributed by atoms with Gasteiger partial charge in [0.25, 0.3) is 8.32 Å². The van der Waals surface area contributed by atoms with E-state index in [1.165, 1.54) is 10.4 Å². The van der Waals surface area contributed by atoms with E-state index in [1.54, 1.807) is 0 Å². The molecule has 2 aromatic rings. The summed E-state index contributed by atoms with van der Waals surface area (Å²) in [6, 6.07) is 21.7. The average Bonchev–Trinajstić information content (AvgIpc) is 3.47. The Morgan fingerprint density at radius 2 is 1.37 bits per heavy atom. The molecule has 236 valence electrons. The zero-order valence-electron chi connectivity index (χ0n) is 28.1. The molecule has 0 radical (unpaired) electrons. The van der Waals surface area contributed by atoms with Crippen LogP contribution < -0.4 is 10.4 Å². The van der Waals surface area contributed by atoms with Crippen LogP contribution in [-0.4, -0.2) is 48.8 Å². The van der Waals surface area contributed by atoms with Crippen molar-refractivity contribution in [3.63, 3.8) is 0 Å². The Kier molecular flexibility index (Phi) is 13.0. The molecule has 0 amide bonds. The Morgan fingerprint density at radius 1 is 0.814 bits per heavy atom. The van der Waals surface area contributed by atoms with Crippen molar-refractivity contribution in [1.82, 2.24) is 0 Å². The monoisotopic (exact) mass is 620 g/mol. The lowest BCUT2D eigenvalue weighted by atomic mass is 10.00. The van der Waals surface area contributed by atoms with Crippen LogP contribution in [0.15, 0.2) is 97.1 Å². The summed E-state index contributed by atoms with van der Waals surface area (Å²) in [5.41, 5.74) is 0.